The van der Waals surface area contributed by atoms with E-state index in [-0.39, 0.29) is 0 Å². The lowest BCUT2D eigenvalue weighted by atomic mass is 10.1. The highest BCUT2D eigenvalue weighted by Gasteiger charge is 1.99. The summed E-state index contributed by atoms with van der Waals surface area (Å²) in [5.41, 5.74) is 2.54. The van der Waals surface area contributed by atoms with Crippen LogP contribution in [0.25, 0.3) is 0 Å². The number of aryl methyl sites for hydroxylation is 1. The molecule has 0 aliphatic rings. The van der Waals surface area contributed by atoms with E-state index in [1.54, 1.807) is 7.11 Å². The Labute approximate surface area is 145 Å². The van der Waals surface area contributed by atoms with Gasteiger partial charge in [-0.3, -0.25) is 0 Å². The second-order valence-corrected chi connectivity index (χ2v) is 5.56. The molecule has 0 saturated carbocycles. The van der Waals surface area contributed by atoms with Gasteiger partial charge in [-0.1, -0.05) is 42.5 Å². The first-order chi connectivity index (χ1) is 11.8. The van der Waals surface area contributed by atoms with Crippen LogP contribution in [-0.2, 0) is 13.0 Å². The Morgan fingerprint density at radius 1 is 0.958 bits per heavy atom. The fourth-order valence-corrected chi connectivity index (χ4v) is 2.39. The number of methoxy groups -OCH3 is 1. The van der Waals surface area contributed by atoms with Crippen LogP contribution in [0.4, 0.5) is 0 Å². The minimum Gasteiger partial charge on any atom is -0.497 e. The second kappa shape index (κ2) is 10.3. The lowest BCUT2D eigenvalue weighted by Gasteiger charge is -2.11. The van der Waals surface area contributed by atoms with Crippen LogP contribution >= 0.6 is 0 Å². The third kappa shape index (κ3) is 6.32. The number of guanidine groups is 1. The van der Waals surface area contributed by atoms with Gasteiger partial charge in [-0.2, -0.15) is 0 Å². The van der Waals surface area contributed by atoms with Crippen molar-refractivity contribution >= 4 is 5.96 Å². The van der Waals surface area contributed by atoms with Crippen LogP contribution in [0.5, 0.6) is 5.75 Å². The summed E-state index contributed by atoms with van der Waals surface area (Å²) < 4.78 is 5.18. The summed E-state index contributed by atoms with van der Waals surface area (Å²) in [4.78, 5) is 4.63. The van der Waals surface area contributed by atoms with Gasteiger partial charge in [0.15, 0.2) is 5.96 Å². The molecule has 0 heterocycles. The molecule has 2 N–H and O–H groups in total. The molecule has 0 amide bonds. The molecule has 2 aromatic rings. The summed E-state index contributed by atoms with van der Waals surface area (Å²) in [6, 6.07) is 18.5. The molecule has 0 bridgehead atoms. The minimum atomic E-state index is 0.689. The first kappa shape index (κ1) is 17.9. The van der Waals surface area contributed by atoms with Gasteiger partial charge in [-0.05, 0) is 43.0 Å². The molecule has 0 spiro atoms. The Hall–Kier alpha value is -2.49. The van der Waals surface area contributed by atoms with E-state index >= 15 is 0 Å². The Morgan fingerprint density at radius 2 is 1.71 bits per heavy atom. The van der Waals surface area contributed by atoms with E-state index in [9.17, 15) is 0 Å². The van der Waals surface area contributed by atoms with Crippen molar-refractivity contribution in [1.29, 1.82) is 0 Å². The standard InChI is InChI=1S/C20H27N3O/c1-3-21-20(23-16-18-8-5-4-6-9-18)22-15-7-10-17-11-13-19(24-2)14-12-17/h4-6,8-9,11-14H,3,7,10,15-16H2,1-2H3,(H2,21,22,23). The van der Waals surface area contributed by atoms with Gasteiger partial charge in [0.1, 0.15) is 5.75 Å². The first-order valence-electron chi connectivity index (χ1n) is 8.51. The van der Waals surface area contributed by atoms with Crippen molar-refractivity contribution in [1.82, 2.24) is 10.6 Å². The zero-order valence-electron chi connectivity index (χ0n) is 14.6. The third-order valence-electron chi connectivity index (χ3n) is 3.70. The quantitative estimate of drug-likeness (QED) is 0.444. The van der Waals surface area contributed by atoms with E-state index in [2.05, 4.69) is 46.8 Å². The fraction of sp³-hybridized carbons (Fsp3) is 0.350. The monoisotopic (exact) mass is 325 g/mol. The summed E-state index contributed by atoms with van der Waals surface area (Å²) in [7, 11) is 1.69. The molecule has 0 unspecified atom stereocenters. The van der Waals surface area contributed by atoms with Gasteiger partial charge >= 0.3 is 0 Å². The Bertz CT molecular complexity index is 609. The SMILES string of the molecule is CCNC(=NCc1ccccc1)NCCCc1ccc(OC)cc1. The molecule has 2 rings (SSSR count). The molecule has 2 aromatic carbocycles. The Kier molecular flexibility index (Phi) is 7.68. The maximum absolute atomic E-state index is 5.18. The zero-order chi connectivity index (χ0) is 17.0. The molecule has 128 valence electrons. The average molecular weight is 325 g/mol. The van der Waals surface area contributed by atoms with E-state index in [1.165, 1.54) is 11.1 Å². The van der Waals surface area contributed by atoms with Gasteiger partial charge in [0.2, 0.25) is 0 Å². The van der Waals surface area contributed by atoms with Crippen LogP contribution < -0.4 is 15.4 Å². The predicted molar refractivity (Wildman–Crippen MR) is 101 cm³/mol. The molecule has 0 aliphatic heterocycles. The van der Waals surface area contributed by atoms with Crippen molar-refractivity contribution in [3.63, 3.8) is 0 Å². The fourth-order valence-electron chi connectivity index (χ4n) is 2.39. The van der Waals surface area contributed by atoms with Gasteiger partial charge < -0.3 is 15.4 Å². The highest BCUT2D eigenvalue weighted by molar-refractivity contribution is 5.79. The summed E-state index contributed by atoms with van der Waals surface area (Å²) in [6.07, 6.45) is 2.09. The Balaban J connectivity index is 1.76. The van der Waals surface area contributed by atoms with Gasteiger partial charge in [-0.15, -0.1) is 0 Å². The number of aliphatic imine (C=N–C) groups is 1. The molecule has 0 radical (unpaired) electrons. The molecule has 4 heteroatoms. The number of hydrogen-bond donors (Lipinski definition) is 2. The van der Waals surface area contributed by atoms with Crippen LogP contribution in [-0.4, -0.2) is 26.2 Å². The molecule has 0 fully saturated rings. The molecule has 0 aliphatic carbocycles. The van der Waals surface area contributed by atoms with E-state index in [4.69, 9.17) is 4.74 Å². The smallest absolute Gasteiger partial charge is 0.191 e. The zero-order valence-corrected chi connectivity index (χ0v) is 14.6. The third-order valence-corrected chi connectivity index (χ3v) is 3.70. The average Bonchev–Trinajstić information content (AvgIpc) is 2.64. The van der Waals surface area contributed by atoms with Crippen molar-refractivity contribution < 1.29 is 4.74 Å². The van der Waals surface area contributed by atoms with Gasteiger partial charge in [0.25, 0.3) is 0 Å². The summed E-state index contributed by atoms with van der Waals surface area (Å²) in [6.45, 7) is 4.53. The van der Waals surface area contributed by atoms with Crippen molar-refractivity contribution in [2.24, 2.45) is 4.99 Å². The molecule has 24 heavy (non-hydrogen) atoms. The topological polar surface area (TPSA) is 45.7 Å². The van der Waals surface area contributed by atoms with Crippen molar-refractivity contribution in [2.75, 3.05) is 20.2 Å². The van der Waals surface area contributed by atoms with Crippen LogP contribution in [0.3, 0.4) is 0 Å². The molecule has 0 saturated heterocycles. The maximum atomic E-state index is 5.18. The lowest BCUT2D eigenvalue weighted by molar-refractivity contribution is 0.414. The number of hydrogen-bond acceptors (Lipinski definition) is 2. The first-order valence-corrected chi connectivity index (χ1v) is 8.51. The van der Waals surface area contributed by atoms with Gasteiger partial charge in [-0.25, -0.2) is 4.99 Å². The van der Waals surface area contributed by atoms with E-state index in [0.29, 0.717) is 6.54 Å². The highest BCUT2D eigenvalue weighted by atomic mass is 16.5. The van der Waals surface area contributed by atoms with Crippen molar-refractivity contribution in [2.45, 2.75) is 26.3 Å². The normalized spacial score (nSPS) is 11.2. The summed E-state index contributed by atoms with van der Waals surface area (Å²) >= 11 is 0. The largest absolute Gasteiger partial charge is 0.497 e. The Morgan fingerprint density at radius 3 is 2.38 bits per heavy atom. The predicted octanol–water partition coefficient (Wildman–Crippen LogP) is 3.38. The number of nitrogens with zero attached hydrogens (tertiary/aromatic N) is 1. The molecular formula is C20H27N3O. The molecule has 4 nitrogen and oxygen atoms in total. The summed E-state index contributed by atoms with van der Waals surface area (Å²) in [5, 5.41) is 6.69. The van der Waals surface area contributed by atoms with Crippen LogP contribution in [0.2, 0.25) is 0 Å². The maximum Gasteiger partial charge on any atom is 0.191 e. The van der Waals surface area contributed by atoms with Gasteiger partial charge in [0, 0.05) is 13.1 Å². The second-order valence-electron chi connectivity index (χ2n) is 5.56. The van der Waals surface area contributed by atoms with Crippen LogP contribution in [0, 0.1) is 0 Å². The van der Waals surface area contributed by atoms with E-state index in [1.807, 2.05) is 30.3 Å². The van der Waals surface area contributed by atoms with Crippen molar-refractivity contribution in [3.05, 3.63) is 65.7 Å². The lowest BCUT2D eigenvalue weighted by Crippen LogP contribution is -2.37. The number of nitrogens with one attached hydrogen (secondary N) is 2. The number of rotatable bonds is 8. The molecule has 0 atom stereocenters. The van der Waals surface area contributed by atoms with E-state index < -0.39 is 0 Å². The van der Waals surface area contributed by atoms with E-state index in [0.717, 1.165) is 37.6 Å². The summed E-state index contributed by atoms with van der Waals surface area (Å²) in [5.74, 6) is 1.77. The number of benzene rings is 2. The van der Waals surface area contributed by atoms with Crippen molar-refractivity contribution in [3.8, 4) is 5.75 Å². The van der Waals surface area contributed by atoms with Crippen LogP contribution in [0.1, 0.15) is 24.5 Å². The number of ether oxygens (including phenoxy) is 1. The highest BCUT2D eigenvalue weighted by Crippen LogP contribution is 2.12. The molecule has 0 aromatic heterocycles. The van der Waals surface area contributed by atoms with Gasteiger partial charge in [0.05, 0.1) is 13.7 Å². The molecular weight excluding hydrogens is 298 g/mol. The van der Waals surface area contributed by atoms with Crippen LogP contribution in [0.15, 0.2) is 59.6 Å². The minimum absolute atomic E-state index is 0.689.